The third kappa shape index (κ3) is 5.05. The molecule has 1 rings (SSSR count). The van der Waals surface area contributed by atoms with Crippen molar-refractivity contribution in [3.8, 4) is 0 Å². The number of nitrogens with zero attached hydrogens (tertiary/aromatic N) is 3. The Bertz CT molecular complexity index is 438. The van der Waals surface area contributed by atoms with Gasteiger partial charge in [0.2, 0.25) is 5.13 Å². The lowest BCUT2D eigenvalue weighted by Gasteiger charge is -2.25. The highest BCUT2D eigenvalue weighted by molar-refractivity contribution is 7.15. The fraction of sp³-hybridized carbons (Fsp3) is 0.769. The minimum Gasteiger partial charge on any atom is -0.389 e. The Labute approximate surface area is 124 Å². The summed E-state index contributed by atoms with van der Waals surface area (Å²) >= 11 is 1.41. The molecule has 0 aromatic carbocycles. The van der Waals surface area contributed by atoms with Gasteiger partial charge in [0.25, 0.3) is 0 Å². The monoisotopic (exact) mass is 300 g/mol. The van der Waals surface area contributed by atoms with E-state index in [1.165, 1.54) is 16.2 Å². The molecule has 7 heteroatoms. The summed E-state index contributed by atoms with van der Waals surface area (Å²) in [6, 6.07) is -0.292. The molecule has 2 N–H and O–H groups in total. The molecule has 114 valence electrons. The number of hydrogen-bond donors (Lipinski definition) is 2. The van der Waals surface area contributed by atoms with Crippen LogP contribution in [0.2, 0.25) is 0 Å². The number of carbonyl (C=O) groups is 1. The molecule has 1 aromatic rings. The van der Waals surface area contributed by atoms with Crippen molar-refractivity contribution in [1.82, 2.24) is 15.1 Å². The first kappa shape index (κ1) is 16.8. The summed E-state index contributed by atoms with van der Waals surface area (Å²) in [6.45, 7) is 7.80. The van der Waals surface area contributed by atoms with Crippen LogP contribution in [0.1, 0.15) is 51.5 Å². The van der Waals surface area contributed by atoms with Crippen molar-refractivity contribution in [2.45, 2.75) is 52.1 Å². The van der Waals surface area contributed by atoms with E-state index >= 15 is 0 Å². The Morgan fingerprint density at radius 1 is 1.40 bits per heavy atom. The van der Waals surface area contributed by atoms with E-state index in [9.17, 15) is 9.90 Å². The minimum absolute atomic E-state index is 0.247. The third-order valence-electron chi connectivity index (χ3n) is 2.96. The Balaban J connectivity index is 2.63. The fourth-order valence-corrected chi connectivity index (χ4v) is 2.93. The van der Waals surface area contributed by atoms with Gasteiger partial charge in [0.15, 0.2) is 0 Å². The topological polar surface area (TPSA) is 78.4 Å². The quantitative estimate of drug-likeness (QED) is 0.846. The lowest BCUT2D eigenvalue weighted by molar-refractivity contribution is 0.0550. The summed E-state index contributed by atoms with van der Waals surface area (Å²) in [6.07, 6.45) is 2.02. The van der Waals surface area contributed by atoms with E-state index in [1.54, 1.807) is 20.9 Å². The van der Waals surface area contributed by atoms with E-state index < -0.39 is 5.60 Å². The second-order valence-corrected chi connectivity index (χ2v) is 6.57. The molecule has 0 fully saturated rings. The van der Waals surface area contributed by atoms with E-state index in [2.05, 4.69) is 29.4 Å². The van der Waals surface area contributed by atoms with Gasteiger partial charge in [-0.05, 0) is 26.7 Å². The van der Waals surface area contributed by atoms with Crippen molar-refractivity contribution < 1.29 is 9.90 Å². The van der Waals surface area contributed by atoms with Gasteiger partial charge in [-0.2, -0.15) is 0 Å². The Kier molecular flexibility index (Phi) is 5.88. The van der Waals surface area contributed by atoms with Crippen LogP contribution in [0, 0.1) is 0 Å². The zero-order valence-corrected chi connectivity index (χ0v) is 13.6. The van der Waals surface area contributed by atoms with E-state index in [0.29, 0.717) is 11.0 Å². The number of aliphatic hydroxyl groups is 1. The largest absolute Gasteiger partial charge is 0.389 e. The van der Waals surface area contributed by atoms with E-state index in [4.69, 9.17) is 0 Å². The number of nitrogens with one attached hydrogen (secondary N) is 1. The van der Waals surface area contributed by atoms with Crippen LogP contribution < -0.4 is 5.32 Å². The minimum atomic E-state index is -0.923. The van der Waals surface area contributed by atoms with Gasteiger partial charge in [-0.3, -0.25) is 5.32 Å². The highest BCUT2D eigenvalue weighted by Crippen LogP contribution is 2.28. The number of carbonyl (C=O) groups excluding carboxylic acids is 1. The molecular weight excluding hydrogens is 276 g/mol. The number of likely N-dealkylation sites (N-methyl/N-ethyl adjacent to an activating group) is 1. The van der Waals surface area contributed by atoms with Crippen molar-refractivity contribution in [3.05, 3.63) is 5.01 Å². The molecule has 0 aliphatic carbocycles. The molecule has 0 saturated heterocycles. The van der Waals surface area contributed by atoms with Gasteiger partial charge >= 0.3 is 6.03 Å². The van der Waals surface area contributed by atoms with Gasteiger partial charge in [-0.15, -0.1) is 10.2 Å². The Morgan fingerprint density at radius 3 is 2.50 bits per heavy atom. The van der Waals surface area contributed by atoms with E-state index in [-0.39, 0.29) is 12.6 Å². The first-order valence-electron chi connectivity index (χ1n) is 6.84. The zero-order chi connectivity index (χ0) is 15.3. The van der Waals surface area contributed by atoms with Crippen molar-refractivity contribution in [2.75, 3.05) is 18.9 Å². The average Bonchev–Trinajstić information content (AvgIpc) is 2.77. The molecule has 0 spiro atoms. The molecule has 0 unspecified atom stereocenters. The number of anilines is 1. The van der Waals surface area contributed by atoms with Gasteiger partial charge in [-0.1, -0.05) is 25.2 Å². The molecule has 0 bridgehead atoms. The van der Waals surface area contributed by atoms with Gasteiger partial charge < -0.3 is 10.0 Å². The second kappa shape index (κ2) is 6.99. The Hall–Kier alpha value is -1.21. The molecule has 1 aromatic heterocycles. The van der Waals surface area contributed by atoms with Crippen molar-refractivity contribution in [3.63, 3.8) is 0 Å². The summed E-state index contributed by atoms with van der Waals surface area (Å²) in [5, 5.41) is 22.0. The summed E-state index contributed by atoms with van der Waals surface area (Å²) < 4.78 is 0. The SMILES string of the molecule is CCC(CC)c1nnc(NC(=O)N(C)CC(C)(C)O)s1. The standard InChI is InChI=1S/C13H24N4O2S/c1-6-9(7-2)10-15-16-11(20-10)14-12(18)17(5)8-13(3,4)19/h9,19H,6-8H2,1-5H3,(H,14,16,18). The molecule has 0 radical (unpaired) electrons. The predicted octanol–water partition coefficient (Wildman–Crippen LogP) is 2.68. The maximum Gasteiger partial charge on any atom is 0.323 e. The van der Waals surface area contributed by atoms with Crippen LogP contribution in [0.5, 0.6) is 0 Å². The highest BCUT2D eigenvalue weighted by atomic mass is 32.1. The molecule has 0 saturated carbocycles. The Morgan fingerprint density at radius 2 is 2.00 bits per heavy atom. The van der Waals surface area contributed by atoms with Gasteiger partial charge in [0, 0.05) is 13.0 Å². The number of rotatable bonds is 6. The lowest BCUT2D eigenvalue weighted by Crippen LogP contribution is -2.41. The molecule has 1 heterocycles. The molecule has 2 amide bonds. The number of amides is 2. The summed E-state index contributed by atoms with van der Waals surface area (Å²) in [5.41, 5.74) is -0.923. The second-order valence-electron chi connectivity index (χ2n) is 5.56. The first-order valence-corrected chi connectivity index (χ1v) is 7.66. The summed E-state index contributed by atoms with van der Waals surface area (Å²) in [7, 11) is 1.64. The highest BCUT2D eigenvalue weighted by Gasteiger charge is 2.21. The van der Waals surface area contributed by atoms with E-state index in [0.717, 1.165) is 17.8 Å². The van der Waals surface area contributed by atoms with Crippen LogP contribution in [-0.2, 0) is 0 Å². The number of urea groups is 1. The normalized spacial score (nSPS) is 11.8. The van der Waals surface area contributed by atoms with Gasteiger partial charge in [-0.25, -0.2) is 4.79 Å². The smallest absolute Gasteiger partial charge is 0.323 e. The van der Waals surface area contributed by atoms with Crippen LogP contribution in [0.25, 0.3) is 0 Å². The maximum absolute atomic E-state index is 12.0. The average molecular weight is 300 g/mol. The predicted molar refractivity (Wildman–Crippen MR) is 81.2 cm³/mol. The van der Waals surface area contributed by atoms with Gasteiger partial charge in [0.05, 0.1) is 12.1 Å². The molecule has 20 heavy (non-hydrogen) atoms. The zero-order valence-electron chi connectivity index (χ0n) is 12.8. The molecule has 6 nitrogen and oxygen atoms in total. The van der Waals surface area contributed by atoms with Crippen LogP contribution >= 0.6 is 11.3 Å². The third-order valence-corrected chi connectivity index (χ3v) is 3.96. The lowest BCUT2D eigenvalue weighted by atomic mass is 10.1. The number of hydrogen-bond acceptors (Lipinski definition) is 5. The number of aromatic nitrogens is 2. The first-order chi connectivity index (χ1) is 9.26. The molecule has 0 aliphatic rings. The molecule has 0 aliphatic heterocycles. The van der Waals surface area contributed by atoms with Crippen LogP contribution in [0.15, 0.2) is 0 Å². The van der Waals surface area contributed by atoms with Gasteiger partial charge in [0.1, 0.15) is 5.01 Å². The van der Waals surface area contributed by atoms with Crippen LogP contribution in [0.4, 0.5) is 9.93 Å². The summed E-state index contributed by atoms with van der Waals surface area (Å²) in [5.74, 6) is 0.396. The summed E-state index contributed by atoms with van der Waals surface area (Å²) in [4.78, 5) is 13.4. The van der Waals surface area contributed by atoms with Crippen molar-refractivity contribution >= 4 is 22.5 Å². The maximum atomic E-state index is 12.0. The van der Waals surface area contributed by atoms with Crippen molar-refractivity contribution in [1.29, 1.82) is 0 Å². The molecular formula is C13H24N4O2S. The fourth-order valence-electron chi connectivity index (χ4n) is 1.93. The molecule has 0 atom stereocenters. The van der Waals surface area contributed by atoms with Crippen molar-refractivity contribution in [2.24, 2.45) is 0 Å². The van der Waals surface area contributed by atoms with E-state index in [1.807, 2.05) is 0 Å². The van der Waals surface area contributed by atoms with Crippen LogP contribution in [0.3, 0.4) is 0 Å². The van der Waals surface area contributed by atoms with Crippen LogP contribution in [-0.4, -0.2) is 45.4 Å².